The molecular weight excluding hydrogens is 320 g/mol. The average Bonchev–Trinajstić information content (AvgIpc) is 2.41. The molecule has 0 atom stereocenters. The van der Waals surface area contributed by atoms with Crippen LogP contribution in [0.4, 0.5) is 0 Å². The van der Waals surface area contributed by atoms with Crippen LogP contribution in [0.5, 0.6) is 5.75 Å². The van der Waals surface area contributed by atoms with Gasteiger partial charge in [0.1, 0.15) is 5.75 Å². The summed E-state index contributed by atoms with van der Waals surface area (Å²) in [5.74, 6) is -0.327. The third-order valence-electron chi connectivity index (χ3n) is 2.80. The van der Waals surface area contributed by atoms with E-state index in [2.05, 4.69) is 15.9 Å². The molecule has 2 aromatic rings. The number of carbonyl (C=O) groups excluding carboxylic acids is 2. The van der Waals surface area contributed by atoms with Crippen LogP contribution in [0.1, 0.15) is 33.2 Å². The monoisotopic (exact) mass is 332 g/mol. The molecule has 4 heteroatoms. The third kappa shape index (κ3) is 3.33. The minimum atomic E-state index is -0.483. The number of aryl methyl sites for hydroxylation is 1. The van der Waals surface area contributed by atoms with E-state index >= 15 is 0 Å². The molecule has 0 heterocycles. The molecular formula is C16H13BrO3. The van der Waals surface area contributed by atoms with E-state index in [0.29, 0.717) is 11.1 Å². The number of carbonyl (C=O) groups is 2. The van der Waals surface area contributed by atoms with Crippen molar-refractivity contribution >= 4 is 27.7 Å². The molecule has 0 aliphatic heterocycles. The zero-order chi connectivity index (χ0) is 14.7. The number of esters is 1. The van der Waals surface area contributed by atoms with Crippen LogP contribution in [-0.2, 0) is 0 Å². The number of halogens is 1. The van der Waals surface area contributed by atoms with Crippen LogP contribution >= 0.6 is 15.9 Å². The van der Waals surface area contributed by atoms with Gasteiger partial charge in [0, 0.05) is 4.47 Å². The highest BCUT2D eigenvalue weighted by molar-refractivity contribution is 9.10. The minimum Gasteiger partial charge on any atom is -0.422 e. The fourth-order valence-corrected chi connectivity index (χ4v) is 2.02. The number of ketones is 1. The predicted octanol–water partition coefficient (Wildman–Crippen LogP) is 4.18. The molecule has 0 spiro atoms. The summed E-state index contributed by atoms with van der Waals surface area (Å²) in [4.78, 5) is 23.6. The summed E-state index contributed by atoms with van der Waals surface area (Å²) in [6, 6.07) is 12.0. The largest absolute Gasteiger partial charge is 0.422 e. The Balaban J connectivity index is 2.28. The van der Waals surface area contributed by atoms with Gasteiger partial charge in [0.2, 0.25) is 0 Å². The molecule has 2 aromatic carbocycles. The molecule has 0 aromatic heterocycles. The number of hydrogen-bond donors (Lipinski definition) is 0. The van der Waals surface area contributed by atoms with Crippen molar-refractivity contribution in [2.24, 2.45) is 0 Å². The lowest BCUT2D eigenvalue weighted by atomic mass is 10.1. The van der Waals surface area contributed by atoms with Gasteiger partial charge < -0.3 is 4.74 Å². The second-order valence-electron chi connectivity index (χ2n) is 4.45. The highest BCUT2D eigenvalue weighted by Crippen LogP contribution is 2.22. The Labute approximate surface area is 125 Å². The van der Waals surface area contributed by atoms with Crippen molar-refractivity contribution in [1.29, 1.82) is 0 Å². The Morgan fingerprint density at radius 1 is 1.05 bits per heavy atom. The highest BCUT2D eigenvalue weighted by atomic mass is 79.9. The molecule has 3 nitrogen and oxygen atoms in total. The van der Waals surface area contributed by atoms with Gasteiger partial charge in [-0.2, -0.15) is 0 Å². The Kier molecular flexibility index (Phi) is 4.35. The van der Waals surface area contributed by atoms with Crippen LogP contribution in [0, 0.1) is 6.92 Å². The van der Waals surface area contributed by atoms with Gasteiger partial charge in [-0.1, -0.05) is 27.6 Å². The van der Waals surface area contributed by atoms with Crippen LogP contribution < -0.4 is 4.74 Å². The molecule has 0 N–H and O–H groups in total. The van der Waals surface area contributed by atoms with Crippen molar-refractivity contribution in [2.75, 3.05) is 0 Å². The Morgan fingerprint density at radius 2 is 1.70 bits per heavy atom. The summed E-state index contributed by atoms with van der Waals surface area (Å²) >= 11 is 3.30. The average molecular weight is 333 g/mol. The maximum atomic E-state index is 12.0. The van der Waals surface area contributed by atoms with Gasteiger partial charge in [0.25, 0.3) is 0 Å². The van der Waals surface area contributed by atoms with Crippen molar-refractivity contribution in [3.63, 3.8) is 0 Å². The van der Waals surface area contributed by atoms with E-state index < -0.39 is 5.97 Å². The van der Waals surface area contributed by atoms with E-state index in [1.807, 2.05) is 6.92 Å². The summed E-state index contributed by atoms with van der Waals surface area (Å²) in [5, 5.41) is 0. The zero-order valence-electron chi connectivity index (χ0n) is 11.1. The molecule has 0 aliphatic rings. The molecule has 20 heavy (non-hydrogen) atoms. The molecule has 0 radical (unpaired) electrons. The number of Topliss-reactive ketones (excluding diaryl/α,β-unsaturated/α-hetero) is 1. The maximum Gasteiger partial charge on any atom is 0.343 e. The molecule has 0 saturated heterocycles. The number of rotatable bonds is 3. The molecule has 0 amide bonds. The standard InChI is InChI=1S/C16H13BrO3/c1-10-3-8-15(14(9-10)11(2)18)20-16(19)12-4-6-13(17)7-5-12/h3-9H,1-2H3. The van der Waals surface area contributed by atoms with Crippen LogP contribution in [0.3, 0.4) is 0 Å². The summed E-state index contributed by atoms with van der Waals surface area (Å²) in [6.45, 7) is 3.33. The smallest absolute Gasteiger partial charge is 0.343 e. The molecule has 0 fully saturated rings. The first-order valence-corrected chi connectivity index (χ1v) is 6.86. The van der Waals surface area contributed by atoms with Crippen LogP contribution in [0.15, 0.2) is 46.9 Å². The maximum absolute atomic E-state index is 12.0. The Hall–Kier alpha value is -1.94. The topological polar surface area (TPSA) is 43.4 Å². The minimum absolute atomic E-state index is 0.132. The van der Waals surface area contributed by atoms with Gasteiger partial charge in [-0.3, -0.25) is 4.79 Å². The quantitative estimate of drug-likeness (QED) is 0.481. The van der Waals surface area contributed by atoms with Crippen LogP contribution in [0.25, 0.3) is 0 Å². The molecule has 0 bridgehead atoms. The van der Waals surface area contributed by atoms with E-state index in [1.165, 1.54) is 6.92 Å². The van der Waals surface area contributed by atoms with E-state index in [0.717, 1.165) is 10.0 Å². The summed E-state index contributed by atoms with van der Waals surface area (Å²) in [5.41, 5.74) is 1.79. The SMILES string of the molecule is CC(=O)c1cc(C)ccc1OC(=O)c1ccc(Br)cc1. The summed E-state index contributed by atoms with van der Waals surface area (Å²) in [6.07, 6.45) is 0. The Bertz CT molecular complexity index is 660. The van der Waals surface area contributed by atoms with E-state index in [1.54, 1.807) is 42.5 Å². The number of hydrogen-bond acceptors (Lipinski definition) is 3. The van der Waals surface area contributed by atoms with Gasteiger partial charge in [0.05, 0.1) is 11.1 Å². The van der Waals surface area contributed by atoms with Gasteiger partial charge in [-0.15, -0.1) is 0 Å². The second kappa shape index (κ2) is 6.01. The normalized spacial score (nSPS) is 10.2. The third-order valence-corrected chi connectivity index (χ3v) is 3.33. The summed E-state index contributed by atoms with van der Waals surface area (Å²) in [7, 11) is 0. The lowest BCUT2D eigenvalue weighted by Crippen LogP contribution is -2.11. The lowest BCUT2D eigenvalue weighted by molar-refractivity contribution is 0.0733. The molecule has 102 valence electrons. The predicted molar refractivity (Wildman–Crippen MR) is 80.3 cm³/mol. The van der Waals surface area contributed by atoms with Crippen molar-refractivity contribution in [2.45, 2.75) is 13.8 Å². The molecule has 0 unspecified atom stereocenters. The van der Waals surface area contributed by atoms with Crippen LogP contribution in [0.2, 0.25) is 0 Å². The highest BCUT2D eigenvalue weighted by Gasteiger charge is 2.14. The van der Waals surface area contributed by atoms with Crippen molar-refractivity contribution in [3.8, 4) is 5.75 Å². The van der Waals surface area contributed by atoms with E-state index in [-0.39, 0.29) is 11.5 Å². The van der Waals surface area contributed by atoms with Gasteiger partial charge >= 0.3 is 5.97 Å². The van der Waals surface area contributed by atoms with Crippen molar-refractivity contribution in [3.05, 3.63) is 63.6 Å². The van der Waals surface area contributed by atoms with Crippen LogP contribution in [-0.4, -0.2) is 11.8 Å². The van der Waals surface area contributed by atoms with E-state index in [4.69, 9.17) is 4.74 Å². The first-order chi connectivity index (χ1) is 9.47. The van der Waals surface area contributed by atoms with Crippen molar-refractivity contribution < 1.29 is 14.3 Å². The van der Waals surface area contributed by atoms with Gasteiger partial charge in [-0.25, -0.2) is 4.79 Å². The molecule has 2 rings (SSSR count). The number of benzene rings is 2. The first kappa shape index (κ1) is 14.5. The van der Waals surface area contributed by atoms with Gasteiger partial charge in [-0.05, 0) is 50.2 Å². The molecule has 0 aliphatic carbocycles. The number of ether oxygens (including phenoxy) is 1. The summed E-state index contributed by atoms with van der Waals surface area (Å²) < 4.78 is 6.20. The zero-order valence-corrected chi connectivity index (χ0v) is 12.7. The fraction of sp³-hybridized carbons (Fsp3) is 0.125. The Morgan fingerprint density at radius 3 is 2.30 bits per heavy atom. The van der Waals surface area contributed by atoms with E-state index in [9.17, 15) is 9.59 Å². The second-order valence-corrected chi connectivity index (χ2v) is 5.37. The lowest BCUT2D eigenvalue weighted by Gasteiger charge is -2.09. The van der Waals surface area contributed by atoms with Gasteiger partial charge in [0.15, 0.2) is 5.78 Å². The molecule has 0 saturated carbocycles. The fourth-order valence-electron chi connectivity index (χ4n) is 1.75. The van der Waals surface area contributed by atoms with Crippen molar-refractivity contribution in [1.82, 2.24) is 0 Å². The first-order valence-electron chi connectivity index (χ1n) is 6.06.